The number of nitrogens with one attached hydrogen (secondary N) is 3. The van der Waals surface area contributed by atoms with Gasteiger partial charge in [0.15, 0.2) is 5.82 Å². The highest BCUT2D eigenvalue weighted by Crippen LogP contribution is 2.19. The van der Waals surface area contributed by atoms with Crippen LogP contribution in [0.5, 0.6) is 0 Å². The Morgan fingerprint density at radius 2 is 1.76 bits per heavy atom. The summed E-state index contributed by atoms with van der Waals surface area (Å²) in [4.78, 5) is 29.0. The summed E-state index contributed by atoms with van der Waals surface area (Å²) >= 11 is 0. The van der Waals surface area contributed by atoms with Crippen molar-refractivity contribution in [2.75, 3.05) is 0 Å². The minimum Gasteiger partial charge on any atom is -0.344 e. The molecule has 0 aliphatic rings. The average molecular weight is 343 g/mol. The average Bonchev–Trinajstić information content (AvgIpc) is 2.98. The molecule has 0 bridgehead atoms. The fourth-order valence-corrected chi connectivity index (χ4v) is 2.18. The molecule has 0 saturated carbocycles. The van der Waals surface area contributed by atoms with Crippen molar-refractivity contribution in [3.63, 3.8) is 0 Å². The second kappa shape index (κ2) is 7.46. The zero-order chi connectivity index (χ0) is 18.6. The number of amides is 2. The molecule has 2 rings (SSSR count). The van der Waals surface area contributed by atoms with Gasteiger partial charge in [0, 0.05) is 5.41 Å². The van der Waals surface area contributed by atoms with Crippen LogP contribution >= 0.6 is 0 Å². The zero-order valence-corrected chi connectivity index (χ0v) is 15.3. The molecule has 3 N–H and O–H groups in total. The first-order chi connectivity index (χ1) is 11.7. The third-order valence-corrected chi connectivity index (χ3v) is 3.71. The number of carbonyl (C=O) groups is 2. The predicted octanol–water partition coefficient (Wildman–Crippen LogP) is 1.87. The Morgan fingerprint density at radius 1 is 1.12 bits per heavy atom. The molecule has 0 aliphatic heterocycles. The van der Waals surface area contributed by atoms with Crippen LogP contribution in [0.3, 0.4) is 0 Å². The SMILES string of the molecule is Cc1nc([C@H](NC(=O)[C@H](C)NC(=O)C(C)(C)C)c2ccccc2)n[nH]1. The van der Waals surface area contributed by atoms with Crippen LogP contribution in [0.15, 0.2) is 30.3 Å². The lowest BCUT2D eigenvalue weighted by Crippen LogP contribution is -2.49. The molecule has 0 aliphatic carbocycles. The molecule has 25 heavy (non-hydrogen) atoms. The molecule has 1 aromatic heterocycles. The molecule has 0 spiro atoms. The molecular weight excluding hydrogens is 318 g/mol. The van der Waals surface area contributed by atoms with Crippen LogP contribution in [0, 0.1) is 12.3 Å². The second-order valence-corrected chi connectivity index (χ2v) is 7.08. The maximum atomic E-state index is 12.6. The van der Waals surface area contributed by atoms with Crippen LogP contribution in [0.1, 0.15) is 50.9 Å². The van der Waals surface area contributed by atoms with E-state index in [1.54, 1.807) is 34.6 Å². The van der Waals surface area contributed by atoms with Crippen LogP contribution in [0.25, 0.3) is 0 Å². The zero-order valence-electron chi connectivity index (χ0n) is 15.3. The maximum absolute atomic E-state index is 12.6. The third kappa shape index (κ3) is 4.89. The molecule has 0 fully saturated rings. The maximum Gasteiger partial charge on any atom is 0.243 e. The largest absolute Gasteiger partial charge is 0.344 e. The number of carbonyl (C=O) groups excluding carboxylic acids is 2. The highest BCUT2D eigenvalue weighted by atomic mass is 16.2. The smallest absolute Gasteiger partial charge is 0.243 e. The highest BCUT2D eigenvalue weighted by molar-refractivity contribution is 5.89. The Balaban J connectivity index is 2.17. The summed E-state index contributed by atoms with van der Waals surface area (Å²) in [5, 5.41) is 12.6. The van der Waals surface area contributed by atoms with E-state index in [9.17, 15) is 9.59 Å². The lowest BCUT2D eigenvalue weighted by atomic mass is 9.95. The number of hydrogen-bond acceptors (Lipinski definition) is 4. The monoisotopic (exact) mass is 343 g/mol. The van der Waals surface area contributed by atoms with E-state index >= 15 is 0 Å². The molecule has 134 valence electrons. The summed E-state index contributed by atoms with van der Waals surface area (Å²) in [7, 11) is 0. The normalized spacial score (nSPS) is 13.8. The summed E-state index contributed by atoms with van der Waals surface area (Å²) in [6.45, 7) is 8.86. The van der Waals surface area contributed by atoms with Crippen LogP contribution in [0.2, 0.25) is 0 Å². The van der Waals surface area contributed by atoms with Crippen molar-refractivity contribution in [3.8, 4) is 0 Å². The van der Waals surface area contributed by atoms with Gasteiger partial charge in [-0.05, 0) is 19.4 Å². The Labute approximate surface area is 147 Å². The number of aromatic nitrogens is 3. The molecule has 2 amide bonds. The topological polar surface area (TPSA) is 99.8 Å². The van der Waals surface area contributed by atoms with E-state index in [0.717, 1.165) is 5.56 Å². The minimum absolute atomic E-state index is 0.180. The molecular formula is C18H25N5O2. The van der Waals surface area contributed by atoms with Crippen LogP contribution in [-0.2, 0) is 9.59 Å². The fourth-order valence-electron chi connectivity index (χ4n) is 2.18. The van der Waals surface area contributed by atoms with Gasteiger partial charge in [0.25, 0.3) is 0 Å². The standard InChI is InChI=1S/C18H25N5O2/c1-11(19-17(25)18(3,4)5)16(24)21-14(13-9-7-6-8-10-13)15-20-12(2)22-23-15/h6-11,14H,1-5H3,(H,19,25)(H,21,24)(H,20,22,23)/t11-,14+/m0/s1. The van der Waals surface area contributed by atoms with Crippen molar-refractivity contribution >= 4 is 11.8 Å². The molecule has 0 saturated heterocycles. The van der Waals surface area contributed by atoms with E-state index in [4.69, 9.17) is 0 Å². The van der Waals surface area contributed by atoms with Gasteiger partial charge in [-0.2, -0.15) is 5.10 Å². The lowest BCUT2D eigenvalue weighted by molar-refractivity contribution is -0.133. The van der Waals surface area contributed by atoms with E-state index in [2.05, 4.69) is 25.8 Å². The van der Waals surface area contributed by atoms with Crippen molar-refractivity contribution in [1.29, 1.82) is 0 Å². The van der Waals surface area contributed by atoms with Gasteiger partial charge in [-0.3, -0.25) is 14.7 Å². The lowest BCUT2D eigenvalue weighted by Gasteiger charge is -2.23. The third-order valence-electron chi connectivity index (χ3n) is 3.71. The van der Waals surface area contributed by atoms with Gasteiger partial charge in [0.2, 0.25) is 11.8 Å². The summed E-state index contributed by atoms with van der Waals surface area (Å²) < 4.78 is 0. The second-order valence-electron chi connectivity index (χ2n) is 7.08. The fraction of sp³-hybridized carbons (Fsp3) is 0.444. The number of rotatable bonds is 5. The first kappa shape index (κ1) is 18.6. The van der Waals surface area contributed by atoms with Gasteiger partial charge in [-0.1, -0.05) is 51.1 Å². The molecule has 0 unspecified atom stereocenters. The molecule has 0 radical (unpaired) electrons. The number of hydrogen-bond donors (Lipinski definition) is 3. The van der Waals surface area contributed by atoms with Crippen molar-refractivity contribution in [1.82, 2.24) is 25.8 Å². The highest BCUT2D eigenvalue weighted by Gasteiger charge is 2.27. The van der Waals surface area contributed by atoms with Crippen molar-refractivity contribution in [3.05, 3.63) is 47.5 Å². The van der Waals surface area contributed by atoms with Crippen LogP contribution in [-0.4, -0.2) is 33.0 Å². The van der Waals surface area contributed by atoms with Gasteiger partial charge in [0.05, 0.1) is 0 Å². The van der Waals surface area contributed by atoms with Gasteiger partial charge in [0.1, 0.15) is 17.9 Å². The molecule has 2 atom stereocenters. The van der Waals surface area contributed by atoms with Crippen molar-refractivity contribution in [2.24, 2.45) is 5.41 Å². The Bertz CT molecular complexity index is 733. The Hall–Kier alpha value is -2.70. The summed E-state index contributed by atoms with van der Waals surface area (Å²) in [6.07, 6.45) is 0. The summed E-state index contributed by atoms with van der Waals surface area (Å²) in [6, 6.07) is 8.31. The van der Waals surface area contributed by atoms with E-state index in [1.807, 2.05) is 30.3 Å². The number of nitrogens with zero attached hydrogens (tertiary/aromatic N) is 2. The summed E-state index contributed by atoms with van der Waals surface area (Å²) in [5.41, 5.74) is 0.304. The van der Waals surface area contributed by atoms with Gasteiger partial charge in [-0.15, -0.1) is 0 Å². The van der Waals surface area contributed by atoms with Crippen molar-refractivity contribution in [2.45, 2.75) is 46.7 Å². The summed E-state index contributed by atoms with van der Waals surface area (Å²) in [5.74, 6) is 0.666. The van der Waals surface area contributed by atoms with E-state index < -0.39 is 17.5 Å². The van der Waals surface area contributed by atoms with Gasteiger partial charge in [-0.25, -0.2) is 4.98 Å². The molecule has 7 nitrogen and oxygen atoms in total. The van der Waals surface area contributed by atoms with Gasteiger partial charge >= 0.3 is 0 Å². The number of aromatic amines is 1. The Morgan fingerprint density at radius 3 is 2.28 bits per heavy atom. The molecule has 7 heteroatoms. The van der Waals surface area contributed by atoms with E-state index in [1.165, 1.54) is 0 Å². The number of H-pyrrole nitrogens is 1. The Kier molecular flexibility index (Phi) is 5.56. The predicted molar refractivity (Wildman–Crippen MR) is 94.6 cm³/mol. The first-order valence-corrected chi connectivity index (χ1v) is 8.23. The van der Waals surface area contributed by atoms with Gasteiger partial charge < -0.3 is 10.6 Å². The molecule has 2 aromatic rings. The quantitative estimate of drug-likeness (QED) is 0.771. The van der Waals surface area contributed by atoms with Crippen LogP contribution in [0.4, 0.5) is 0 Å². The number of aryl methyl sites for hydroxylation is 1. The van der Waals surface area contributed by atoms with E-state index in [-0.39, 0.29) is 11.8 Å². The minimum atomic E-state index is -0.669. The number of benzene rings is 1. The van der Waals surface area contributed by atoms with E-state index in [0.29, 0.717) is 11.6 Å². The molecule has 1 aromatic carbocycles. The molecule has 1 heterocycles. The van der Waals surface area contributed by atoms with Crippen molar-refractivity contribution < 1.29 is 9.59 Å². The van der Waals surface area contributed by atoms with Crippen LogP contribution < -0.4 is 10.6 Å². The first-order valence-electron chi connectivity index (χ1n) is 8.23.